The van der Waals surface area contributed by atoms with Crippen LogP contribution in [0.1, 0.15) is 24.8 Å². The van der Waals surface area contributed by atoms with Crippen molar-refractivity contribution in [3.8, 4) is 6.07 Å². The molecule has 3 rings (SSSR count). The molecule has 0 radical (unpaired) electrons. The van der Waals surface area contributed by atoms with Crippen LogP contribution >= 0.6 is 0 Å². The van der Waals surface area contributed by atoms with Gasteiger partial charge in [0.15, 0.2) is 0 Å². The Morgan fingerprint density at radius 3 is 2.95 bits per heavy atom. The van der Waals surface area contributed by atoms with Crippen LogP contribution < -0.4 is 4.90 Å². The Labute approximate surface area is 113 Å². The summed E-state index contributed by atoms with van der Waals surface area (Å²) in [5.74, 6) is -0.336. The van der Waals surface area contributed by atoms with E-state index in [9.17, 15) is 4.39 Å². The third kappa shape index (κ3) is 2.43. The third-order valence-corrected chi connectivity index (χ3v) is 4.26. The van der Waals surface area contributed by atoms with Gasteiger partial charge in [-0.15, -0.1) is 0 Å². The number of fused-ring (bicyclic) bond motifs is 1. The molecule has 2 fully saturated rings. The van der Waals surface area contributed by atoms with Crippen molar-refractivity contribution in [2.24, 2.45) is 0 Å². The maximum atomic E-state index is 13.2. The van der Waals surface area contributed by atoms with Crippen LogP contribution in [-0.2, 0) is 0 Å². The number of halogens is 1. The van der Waals surface area contributed by atoms with E-state index in [0.717, 1.165) is 25.3 Å². The molecule has 19 heavy (non-hydrogen) atoms. The van der Waals surface area contributed by atoms with E-state index in [-0.39, 0.29) is 5.82 Å². The predicted octanol–water partition coefficient (Wildman–Crippen LogP) is 2.37. The monoisotopic (exact) mass is 259 g/mol. The molecule has 2 aliphatic rings. The van der Waals surface area contributed by atoms with Gasteiger partial charge in [-0.05, 0) is 37.6 Å². The van der Waals surface area contributed by atoms with E-state index in [0.29, 0.717) is 11.6 Å². The minimum Gasteiger partial charge on any atom is -0.368 e. The Kier molecular flexibility index (Phi) is 3.39. The Morgan fingerprint density at radius 1 is 1.21 bits per heavy atom. The van der Waals surface area contributed by atoms with E-state index in [1.165, 1.54) is 37.9 Å². The zero-order chi connectivity index (χ0) is 13.2. The first kappa shape index (κ1) is 12.4. The second-order valence-corrected chi connectivity index (χ2v) is 5.40. The molecule has 3 nitrogen and oxygen atoms in total. The van der Waals surface area contributed by atoms with Crippen LogP contribution in [0.25, 0.3) is 0 Å². The number of piperazine rings is 1. The molecule has 2 saturated heterocycles. The SMILES string of the molecule is N#Cc1cc(F)ccc1N1CCN2CCCCC2C1. The van der Waals surface area contributed by atoms with Crippen molar-refractivity contribution in [3.63, 3.8) is 0 Å². The van der Waals surface area contributed by atoms with E-state index in [4.69, 9.17) is 5.26 Å². The molecule has 0 aliphatic carbocycles. The number of benzene rings is 1. The first-order chi connectivity index (χ1) is 9.28. The van der Waals surface area contributed by atoms with Crippen LogP contribution in [0, 0.1) is 17.1 Å². The molecule has 0 spiro atoms. The van der Waals surface area contributed by atoms with Crippen LogP contribution in [0.2, 0.25) is 0 Å². The fraction of sp³-hybridized carbons (Fsp3) is 0.533. The van der Waals surface area contributed by atoms with Gasteiger partial charge in [0.2, 0.25) is 0 Å². The van der Waals surface area contributed by atoms with Crippen LogP contribution in [0.3, 0.4) is 0 Å². The molecule has 0 aromatic heterocycles. The fourth-order valence-corrected chi connectivity index (χ4v) is 3.25. The zero-order valence-corrected chi connectivity index (χ0v) is 11.0. The summed E-state index contributed by atoms with van der Waals surface area (Å²) in [6.07, 6.45) is 3.83. The lowest BCUT2D eigenvalue weighted by Gasteiger charge is -2.45. The molecule has 0 N–H and O–H groups in total. The molecule has 1 unspecified atom stereocenters. The lowest BCUT2D eigenvalue weighted by molar-refractivity contribution is 0.133. The van der Waals surface area contributed by atoms with Crippen molar-refractivity contribution in [3.05, 3.63) is 29.6 Å². The van der Waals surface area contributed by atoms with Gasteiger partial charge < -0.3 is 4.90 Å². The van der Waals surface area contributed by atoms with E-state index in [1.54, 1.807) is 6.07 Å². The highest BCUT2D eigenvalue weighted by atomic mass is 19.1. The van der Waals surface area contributed by atoms with Crippen LogP contribution in [0.4, 0.5) is 10.1 Å². The maximum Gasteiger partial charge on any atom is 0.124 e. The second-order valence-electron chi connectivity index (χ2n) is 5.40. The Morgan fingerprint density at radius 2 is 2.11 bits per heavy atom. The summed E-state index contributed by atoms with van der Waals surface area (Å²) < 4.78 is 13.2. The van der Waals surface area contributed by atoms with Gasteiger partial charge in [-0.3, -0.25) is 4.90 Å². The lowest BCUT2D eigenvalue weighted by atomic mass is 9.98. The minimum atomic E-state index is -0.336. The highest BCUT2D eigenvalue weighted by Crippen LogP contribution is 2.27. The number of hydrogen-bond acceptors (Lipinski definition) is 3. The summed E-state index contributed by atoms with van der Waals surface area (Å²) in [7, 11) is 0. The normalized spacial score (nSPS) is 23.8. The summed E-state index contributed by atoms with van der Waals surface area (Å²) in [6, 6.07) is 7.23. The van der Waals surface area contributed by atoms with Crippen molar-refractivity contribution in [1.82, 2.24) is 4.90 Å². The fourth-order valence-electron chi connectivity index (χ4n) is 3.25. The predicted molar refractivity (Wildman–Crippen MR) is 72.5 cm³/mol. The van der Waals surface area contributed by atoms with Gasteiger partial charge in [-0.1, -0.05) is 6.42 Å². The van der Waals surface area contributed by atoms with Crippen molar-refractivity contribution >= 4 is 5.69 Å². The molecular weight excluding hydrogens is 241 g/mol. The smallest absolute Gasteiger partial charge is 0.124 e. The Bertz CT molecular complexity index is 509. The molecule has 2 aliphatic heterocycles. The summed E-state index contributed by atoms with van der Waals surface area (Å²) >= 11 is 0. The topological polar surface area (TPSA) is 30.3 Å². The number of nitrogens with zero attached hydrogens (tertiary/aromatic N) is 3. The first-order valence-electron chi connectivity index (χ1n) is 6.96. The van der Waals surface area contributed by atoms with Gasteiger partial charge in [-0.2, -0.15) is 5.26 Å². The molecule has 1 aromatic carbocycles. The first-order valence-corrected chi connectivity index (χ1v) is 6.96. The van der Waals surface area contributed by atoms with E-state index in [2.05, 4.69) is 15.9 Å². The molecule has 2 heterocycles. The van der Waals surface area contributed by atoms with Crippen LogP contribution in [-0.4, -0.2) is 37.1 Å². The van der Waals surface area contributed by atoms with Gasteiger partial charge in [0.25, 0.3) is 0 Å². The van der Waals surface area contributed by atoms with Gasteiger partial charge in [-0.25, -0.2) is 4.39 Å². The molecule has 4 heteroatoms. The quantitative estimate of drug-likeness (QED) is 0.775. The van der Waals surface area contributed by atoms with E-state index in [1.807, 2.05) is 0 Å². The highest BCUT2D eigenvalue weighted by molar-refractivity contribution is 5.59. The van der Waals surface area contributed by atoms with Gasteiger partial charge in [0, 0.05) is 25.7 Å². The Balaban J connectivity index is 1.81. The van der Waals surface area contributed by atoms with E-state index < -0.39 is 0 Å². The number of hydrogen-bond donors (Lipinski definition) is 0. The number of rotatable bonds is 1. The summed E-state index contributed by atoms with van der Waals surface area (Å²) in [5.41, 5.74) is 1.33. The molecule has 0 saturated carbocycles. The number of piperidine rings is 1. The van der Waals surface area contributed by atoms with Crippen LogP contribution in [0.15, 0.2) is 18.2 Å². The van der Waals surface area contributed by atoms with Crippen molar-refractivity contribution in [2.45, 2.75) is 25.3 Å². The number of nitriles is 1. The third-order valence-electron chi connectivity index (χ3n) is 4.26. The molecule has 0 bridgehead atoms. The summed E-state index contributed by atoms with van der Waals surface area (Å²) in [5, 5.41) is 9.15. The van der Waals surface area contributed by atoms with Gasteiger partial charge >= 0.3 is 0 Å². The molecule has 1 aromatic rings. The number of anilines is 1. The minimum absolute atomic E-state index is 0.336. The standard InChI is InChI=1S/C15H18FN3/c16-13-4-5-15(12(9-13)10-17)19-8-7-18-6-2-1-3-14(18)11-19/h4-5,9,14H,1-3,6-8,11H2. The highest BCUT2D eigenvalue weighted by Gasteiger charge is 2.29. The lowest BCUT2D eigenvalue weighted by Crippen LogP contribution is -2.55. The molecular formula is C15H18FN3. The van der Waals surface area contributed by atoms with Gasteiger partial charge in [0.05, 0.1) is 11.3 Å². The average molecular weight is 259 g/mol. The van der Waals surface area contributed by atoms with Crippen LogP contribution in [0.5, 0.6) is 0 Å². The van der Waals surface area contributed by atoms with Gasteiger partial charge in [0.1, 0.15) is 11.9 Å². The largest absolute Gasteiger partial charge is 0.368 e. The maximum absolute atomic E-state index is 13.2. The molecule has 100 valence electrons. The van der Waals surface area contributed by atoms with Crippen molar-refractivity contribution < 1.29 is 4.39 Å². The second kappa shape index (κ2) is 5.18. The van der Waals surface area contributed by atoms with Crippen molar-refractivity contribution in [2.75, 3.05) is 31.1 Å². The average Bonchev–Trinajstić information content (AvgIpc) is 2.46. The van der Waals surface area contributed by atoms with Crippen molar-refractivity contribution in [1.29, 1.82) is 5.26 Å². The van der Waals surface area contributed by atoms with E-state index >= 15 is 0 Å². The summed E-state index contributed by atoms with van der Waals surface area (Å²) in [4.78, 5) is 4.79. The Hall–Kier alpha value is -1.60. The molecule has 0 amide bonds. The zero-order valence-electron chi connectivity index (χ0n) is 11.0. The molecule has 1 atom stereocenters. The summed E-state index contributed by atoms with van der Waals surface area (Å²) in [6.45, 7) is 4.14.